The number of nitrogens with one attached hydrogen (secondary N) is 1. The molecule has 1 aromatic carbocycles. The fraction of sp³-hybridized carbons (Fsp3) is 0.458. The van der Waals surface area contributed by atoms with Crippen LogP contribution in [-0.4, -0.2) is 63.9 Å². The molecule has 3 aliphatic rings. The summed E-state index contributed by atoms with van der Waals surface area (Å²) in [6.07, 6.45) is 4.48. The maximum Gasteiger partial charge on any atom is 0.227 e. The van der Waals surface area contributed by atoms with Crippen molar-refractivity contribution in [1.82, 2.24) is 24.4 Å². The van der Waals surface area contributed by atoms with Gasteiger partial charge in [0, 0.05) is 61.6 Å². The standard InChI is InChI=1S/C24H26F2N6O2/c1-14-27-11-22-23-16(17-13-34-5-2-21(17)32(14)22)10-28-24(30-23)29-20-9-18(25)15(8-19(20)26)12-31-3-6-33-7-4-31/h8-11,17,21H,2-7,12-13H2,1H3,(H,28,29,30). The van der Waals surface area contributed by atoms with Crippen molar-refractivity contribution in [3.63, 3.8) is 0 Å². The number of anilines is 2. The summed E-state index contributed by atoms with van der Waals surface area (Å²) >= 11 is 0. The van der Waals surface area contributed by atoms with Crippen LogP contribution in [0.5, 0.6) is 0 Å². The van der Waals surface area contributed by atoms with Gasteiger partial charge in [-0.2, -0.15) is 0 Å². The highest BCUT2D eigenvalue weighted by Gasteiger charge is 2.38. The molecule has 1 N–H and O–H groups in total. The zero-order valence-electron chi connectivity index (χ0n) is 18.9. The van der Waals surface area contributed by atoms with Crippen LogP contribution in [-0.2, 0) is 16.0 Å². The number of fused-ring (bicyclic) bond motifs is 6. The highest BCUT2D eigenvalue weighted by atomic mass is 19.1. The number of ether oxygens (including phenoxy) is 2. The molecule has 2 aromatic heterocycles. The molecular weight excluding hydrogens is 442 g/mol. The van der Waals surface area contributed by atoms with Gasteiger partial charge in [0.15, 0.2) is 0 Å². The SMILES string of the molecule is Cc1ncc2n1C1CCOCC1c1cnc(Nc3cc(F)c(CN4CCOCC4)cc3F)nc1-2. The summed E-state index contributed by atoms with van der Waals surface area (Å²) in [5.41, 5.74) is 2.97. The first kappa shape index (κ1) is 21.6. The molecule has 3 aliphatic heterocycles. The second kappa shape index (κ2) is 8.68. The van der Waals surface area contributed by atoms with E-state index in [1.54, 1.807) is 6.20 Å². The molecule has 34 heavy (non-hydrogen) atoms. The van der Waals surface area contributed by atoms with Crippen LogP contribution in [0.25, 0.3) is 11.4 Å². The van der Waals surface area contributed by atoms with Gasteiger partial charge < -0.3 is 19.4 Å². The van der Waals surface area contributed by atoms with E-state index in [9.17, 15) is 8.78 Å². The van der Waals surface area contributed by atoms with Crippen LogP contribution in [0.2, 0.25) is 0 Å². The molecule has 10 heteroatoms. The Morgan fingerprint density at radius 3 is 2.76 bits per heavy atom. The molecule has 0 spiro atoms. The van der Waals surface area contributed by atoms with E-state index < -0.39 is 11.6 Å². The summed E-state index contributed by atoms with van der Waals surface area (Å²) < 4.78 is 43.0. The molecule has 2 unspecified atom stereocenters. The summed E-state index contributed by atoms with van der Waals surface area (Å²) in [4.78, 5) is 15.7. The number of benzene rings is 1. The number of aryl methyl sites for hydroxylation is 1. The molecule has 2 atom stereocenters. The molecule has 0 aliphatic carbocycles. The van der Waals surface area contributed by atoms with Gasteiger partial charge in [0.2, 0.25) is 5.95 Å². The van der Waals surface area contributed by atoms with E-state index in [4.69, 9.17) is 14.5 Å². The van der Waals surface area contributed by atoms with Gasteiger partial charge in [-0.15, -0.1) is 0 Å². The summed E-state index contributed by atoms with van der Waals surface area (Å²) in [5, 5.41) is 2.87. The summed E-state index contributed by atoms with van der Waals surface area (Å²) in [7, 11) is 0. The van der Waals surface area contributed by atoms with Crippen molar-refractivity contribution in [1.29, 1.82) is 0 Å². The van der Waals surface area contributed by atoms with E-state index in [-0.39, 0.29) is 23.6 Å². The Balaban J connectivity index is 1.29. The smallest absolute Gasteiger partial charge is 0.227 e. The van der Waals surface area contributed by atoms with Gasteiger partial charge in [-0.25, -0.2) is 23.7 Å². The molecule has 0 radical (unpaired) electrons. The number of hydrogen-bond donors (Lipinski definition) is 1. The zero-order chi connectivity index (χ0) is 23.2. The monoisotopic (exact) mass is 468 g/mol. The van der Waals surface area contributed by atoms with Crippen molar-refractivity contribution in [3.05, 3.63) is 53.1 Å². The van der Waals surface area contributed by atoms with E-state index in [2.05, 4.69) is 24.8 Å². The number of halogens is 2. The molecule has 0 bridgehead atoms. The van der Waals surface area contributed by atoms with E-state index in [0.717, 1.165) is 29.2 Å². The largest absolute Gasteiger partial charge is 0.381 e. The Hall–Kier alpha value is -2.95. The van der Waals surface area contributed by atoms with Gasteiger partial charge in [-0.1, -0.05) is 0 Å². The minimum atomic E-state index is -0.549. The third kappa shape index (κ3) is 3.75. The van der Waals surface area contributed by atoms with E-state index >= 15 is 0 Å². The number of imidazole rings is 1. The van der Waals surface area contributed by atoms with E-state index in [0.29, 0.717) is 51.6 Å². The molecule has 0 amide bonds. The Kier molecular flexibility index (Phi) is 5.51. The van der Waals surface area contributed by atoms with Crippen LogP contribution < -0.4 is 5.32 Å². The summed E-state index contributed by atoms with van der Waals surface area (Å²) in [6, 6.07) is 2.67. The number of aromatic nitrogens is 4. The Morgan fingerprint density at radius 1 is 1.06 bits per heavy atom. The molecular formula is C24H26F2N6O2. The molecule has 2 fully saturated rings. The average molecular weight is 469 g/mol. The molecule has 5 heterocycles. The lowest BCUT2D eigenvalue weighted by Gasteiger charge is -2.38. The lowest BCUT2D eigenvalue weighted by molar-refractivity contribution is 0.0337. The van der Waals surface area contributed by atoms with Crippen LogP contribution in [0.1, 0.15) is 35.3 Å². The number of morpholine rings is 1. The third-order valence-corrected chi connectivity index (χ3v) is 6.97. The second-order valence-electron chi connectivity index (χ2n) is 9.03. The number of nitrogens with zero attached hydrogens (tertiary/aromatic N) is 5. The minimum Gasteiger partial charge on any atom is -0.381 e. The van der Waals surface area contributed by atoms with Crippen LogP contribution >= 0.6 is 0 Å². The van der Waals surface area contributed by atoms with Crippen molar-refractivity contribution >= 4 is 11.6 Å². The van der Waals surface area contributed by atoms with Gasteiger partial charge in [0.05, 0.1) is 43.1 Å². The van der Waals surface area contributed by atoms with Gasteiger partial charge >= 0.3 is 0 Å². The third-order valence-electron chi connectivity index (χ3n) is 6.97. The van der Waals surface area contributed by atoms with Crippen LogP contribution in [0.4, 0.5) is 20.4 Å². The van der Waals surface area contributed by atoms with Crippen molar-refractivity contribution in [3.8, 4) is 11.4 Å². The Bertz CT molecular complexity index is 1230. The van der Waals surface area contributed by atoms with Crippen molar-refractivity contribution in [2.75, 3.05) is 44.8 Å². The van der Waals surface area contributed by atoms with E-state index in [1.165, 1.54) is 12.1 Å². The molecule has 3 aromatic rings. The maximum atomic E-state index is 14.9. The predicted molar refractivity (Wildman–Crippen MR) is 121 cm³/mol. The molecule has 6 rings (SSSR count). The average Bonchev–Trinajstić information content (AvgIpc) is 3.25. The van der Waals surface area contributed by atoms with Gasteiger partial charge in [-0.05, 0) is 19.4 Å². The van der Waals surface area contributed by atoms with Gasteiger partial charge in [0.1, 0.15) is 17.5 Å². The maximum absolute atomic E-state index is 14.9. The second-order valence-corrected chi connectivity index (χ2v) is 9.03. The molecule has 2 saturated heterocycles. The van der Waals surface area contributed by atoms with Crippen molar-refractivity contribution in [2.24, 2.45) is 0 Å². The Labute approximate surface area is 195 Å². The molecule has 178 valence electrons. The first-order valence-electron chi connectivity index (χ1n) is 11.6. The fourth-order valence-electron chi connectivity index (χ4n) is 5.23. The minimum absolute atomic E-state index is 0.00236. The van der Waals surface area contributed by atoms with Crippen molar-refractivity contribution < 1.29 is 18.3 Å². The van der Waals surface area contributed by atoms with Gasteiger partial charge in [-0.3, -0.25) is 4.90 Å². The summed E-state index contributed by atoms with van der Waals surface area (Å²) in [6.45, 7) is 6.24. The van der Waals surface area contributed by atoms with Crippen molar-refractivity contribution in [2.45, 2.75) is 31.8 Å². The lowest BCUT2D eigenvalue weighted by Crippen LogP contribution is -2.35. The zero-order valence-corrected chi connectivity index (χ0v) is 18.9. The Morgan fingerprint density at radius 2 is 1.91 bits per heavy atom. The number of hydrogen-bond acceptors (Lipinski definition) is 7. The van der Waals surface area contributed by atoms with E-state index in [1.807, 2.05) is 13.1 Å². The summed E-state index contributed by atoms with van der Waals surface area (Å²) in [5.74, 6) is 0.247. The fourth-order valence-corrected chi connectivity index (χ4v) is 5.23. The predicted octanol–water partition coefficient (Wildman–Crippen LogP) is 3.56. The highest BCUT2D eigenvalue weighted by Crippen LogP contribution is 2.45. The number of rotatable bonds is 4. The molecule has 8 nitrogen and oxygen atoms in total. The molecule has 0 saturated carbocycles. The normalized spacial score (nSPS) is 22.1. The lowest BCUT2D eigenvalue weighted by atomic mass is 9.84. The first-order valence-corrected chi connectivity index (χ1v) is 11.6. The quantitative estimate of drug-likeness (QED) is 0.627. The van der Waals surface area contributed by atoms with Gasteiger partial charge in [0.25, 0.3) is 0 Å². The van der Waals surface area contributed by atoms with Crippen LogP contribution in [0.3, 0.4) is 0 Å². The highest BCUT2D eigenvalue weighted by molar-refractivity contribution is 5.66. The van der Waals surface area contributed by atoms with Crippen LogP contribution in [0.15, 0.2) is 24.5 Å². The topological polar surface area (TPSA) is 77.3 Å². The first-order chi connectivity index (χ1) is 16.6. The van der Waals surface area contributed by atoms with Crippen LogP contribution in [0, 0.1) is 18.6 Å².